The van der Waals surface area contributed by atoms with Crippen molar-refractivity contribution in [2.24, 2.45) is 4.99 Å². The smallest absolute Gasteiger partial charge is 0.257 e. The normalized spacial score (nSPS) is 11.0. The number of carbonyl (C=O) groups excluding carboxylic acids is 2. The van der Waals surface area contributed by atoms with Crippen LogP contribution in [0, 0.1) is 0 Å². The van der Waals surface area contributed by atoms with E-state index in [1.807, 2.05) is 13.0 Å². The summed E-state index contributed by atoms with van der Waals surface area (Å²) < 4.78 is 0. The molecule has 0 aliphatic heterocycles. The molecule has 0 saturated heterocycles. The highest BCUT2D eigenvalue weighted by atomic mass is 32.1. The number of amides is 2. The lowest BCUT2D eigenvalue weighted by molar-refractivity contribution is 0.0952. The summed E-state index contributed by atoms with van der Waals surface area (Å²) >= 11 is 4.20. The molecule has 0 unspecified atom stereocenters. The molecule has 0 aliphatic carbocycles. The highest BCUT2D eigenvalue weighted by Gasteiger charge is 2.11. The van der Waals surface area contributed by atoms with Crippen LogP contribution in [-0.2, 0) is 0 Å². The Morgan fingerprint density at radius 2 is 1.67 bits per heavy atom. The lowest BCUT2D eigenvalue weighted by atomic mass is 10.1. The Balaban J connectivity index is 2.15. The van der Waals surface area contributed by atoms with Gasteiger partial charge in [0.05, 0.1) is 11.3 Å². The third-order valence-corrected chi connectivity index (χ3v) is 3.38. The predicted octanol–water partition coefficient (Wildman–Crippen LogP) is 3.17. The lowest BCUT2D eigenvalue weighted by Gasteiger charge is -2.08. The summed E-state index contributed by atoms with van der Waals surface area (Å²) in [5, 5.41) is 5.53. The fourth-order valence-corrected chi connectivity index (χ4v) is 2.21. The van der Waals surface area contributed by atoms with Crippen molar-refractivity contribution in [2.45, 2.75) is 13.3 Å². The van der Waals surface area contributed by atoms with Crippen molar-refractivity contribution in [3.05, 3.63) is 65.7 Å². The summed E-state index contributed by atoms with van der Waals surface area (Å²) in [6.07, 6.45) is 0.849. The number of benzene rings is 2. The van der Waals surface area contributed by atoms with Crippen LogP contribution in [0.1, 0.15) is 34.1 Å². The lowest BCUT2D eigenvalue weighted by Crippen LogP contribution is -2.27. The number of amidine groups is 1. The van der Waals surface area contributed by atoms with Crippen LogP contribution < -0.4 is 10.6 Å². The van der Waals surface area contributed by atoms with Crippen LogP contribution in [0.5, 0.6) is 0 Å². The van der Waals surface area contributed by atoms with Crippen LogP contribution in [0.15, 0.2) is 59.6 Å². The highest BCUT2D eigenvalue weighted by molar-refractivity contribution is 7.96. The maximum absolute atomic E-state index is 12.2. The van der Waals surface area contributed by atoms with E-state index in [9.17, 15) is 9.59 Å². The number of para-hydroxylation sites is 1. The molecule has 0 bridgehead atoms. The van der Waals surface area contributed by atoms with Crippen molar-refractivity contribution in [1.29, 1.82) is 0 Å². The van der Waals surface area contributed by atoms with Gasteiger partial charge in [0.25, 0.3) is 11.8 Å². The van der Waals surface area contributed by atoms with Gasteiger partial charge in [-0.3, -0.25) is 9.59 Å². The average molecular weight is 341 g/mol. The third kappa shape index (κ3) is 4.96. The summed E-state index contributed by atoms with van der Waals surface area (Å²) in [5.41, 5.74) is 1.39. The first-order chi connectivity index (χ1) is 11.6. The molecule has 0 aromatic heterocycles. The molecule has 124 valence electrons. The van der Waals surface area contributed by atoms with Gasteiger partial charge in [-0.15, -0.1) is 12.6 Å². The van der Waals surface area contributed by atoms with Crippen LogP contribution in [0.25, 0.3) is 0 Å². The molecule has 2 rings (SSSR count). The fourth-order valence-electron chi connectivity index (χ4n) is 2.00. The molecule has 0 aliphatic rings. The van der Waals surface area contributed by atoms with Gasteiger partial charge in [0.15, 0.2) is 5.17 Å². The Hall–Kier alpha value is -2.60. The van der Waals surface area contributed by atoms with Gasteiger partial charge in [-0.1, -0.05) is 37.3 Å². The molecule has 2 aromatic carbocycles. The highest BCUT2D eigenvalue weighted by Crippen LogP contribution is 2.19. The fraction of sp³-hybridized carbons (Fsp3) is 0.167. The number of aliphatic imine (C=N–C) groups is 1. The second kappa shape index (κ2) is 8.88. The van der Waals surface area contributed by atoms with Crippen molar-refractivity contribution in [3.8, 4) is 0 Å². The molecule has 2 N–H and O–H groups in total. The third-order valence-electron chi connectivity index (χ3n) is 3.17. The largest absolute Gasteiger partial charge is 0.352 e. The SMILES string of the molecule is CCCNC(=O)c1ccccc1/N=C(\S)NC(=O)c1ccccc1. The van der Waals surface area contributed by atoms with E-state index in [-0.39, 0.29) is 17.0 Å². The minimum absolute atomic E-state index is 0.125. The van der Waals surface area contributed by atoms with E-state index < -0.39 is 0 Å². The number of hydrogen-bond acceptors (Lipinski definition) is 3. The van der Waals surface area contributed by atoms with Crippen molar-refractivity contribution in [3.63, 3.8) is 0 Å². The Kier molecular flexibility index (Phi) is 6.57. The number of nitrogens with one attached hydrogen (secondary N) is 2. The molecule has 0 radical (unpaired) electrons. The summed E-state index contributed by atoms with van der Waals surface area (Å²) in [6, 6.07) is 15.7. The van der Waals surface area contributed by atoms with E-state index in [2.05, 4.69) is 28.3 Å². The van der Waals surface area contributed by atoms with Gasteiger partial charge in [-0.2, -0.15) is 0 Å². The van der Waals surface area contributed by atoms with Crippen LogP contribution in [0.2, 0.25) is 0 Å². The summed E-state index contributed by atoms with van der Waals surface area (Å²) in [4.78, 5) is 28.5. The Morgan fingerprint density at radius 3 is 2.38 bits per heavy atom. The molecular formula is C18H19N3O2S. The molecule has 6 heteroatoms. The average Bonchev–Trinajstić information content (AvgIpc) is 2.60. The Bertz CT molecular complexity index is 745. The number of carbonyl (C=O) groups is 2. The molecule has 0 saturated carbocycles. The van der Waals surface area contributed by atoms with Crippen molar-refractivity contribution in [1.82, 2.24) is 10.6 Å². The second-order valence-corrected chi connectivity index (χ2v) is 5.45. The molecule has 0 atom stereocenters. The molecular weight excluding hydrogens is 322 g/mol. The van der Waals surface area contributed by atoms with E-state index in [1.54, 1.807) is 48.5 Å². The molecule has 2 aromatic rings. The van der Waals surface area contributed by atoms with Gasteiger partial charge in [0.2, 0.25) is 0 Å². The summed E-state index contributed by atoms with van der Waals surface area (Å²) in [7, 11) is 0. The quantitative estimate of drug-likeness (QED) is 0.444. The zero-order valence-electron chi connectivity index (χ0n) is 13.3. The molecule has 0 heterocycles. The van der Waals surface area contributed by atoms with Gasteiger partial charge in [0, 0.05) is 12.1 Å². The molecule has 0 fully saturated rings. The van der Waals surface area contributed by atoms with Crippen LogP contribution in [-0.4, -0.2) is 23.5 Å². The van der Waals surface area contributed by atoms with E-state index in [0.717, 1.165) is 6.42 Å². The first-order valence-electron chi connectivity index (χ1n) is 7.63. The van der Waals surface area contributed by atoms with Crippen molar-refractivity contribution < 1.29 is 9.59 Å². The number of thiol groups is 1. The first kappa shape index (κ1) is 17.7. The number of rotatable bonds is 5. The van der Waals surface area contributed by atoms with Gasteiger partial charge < -0.3 is 10.6 Å². The first-order valence-corrected chi connectivity index (χ1v) is 8.07. The zero-order valence-corrected chi connectivity index (χ0v) is 14.2. The molecule has 0 spiro atoms. The van der Waals surface area contributed by atoms with E-state index in [0.29, 0.717) is 23.4 Å². The number of hydrogen-bond donors (Lipinski definition) is 3. The monoisotopic (exact) mass is 341 g/mol. The molecule has 24 heavy (non-hydrogen) atoms. The van der Waals surface area contributed by atoms with Gasteiger partial charge >= 0.3 is 0 Å². The van der Waals surface area contributed by atoms with Gasteiger partial charge in [-0.25, -0.2) is 4.99 Å². The molecule has 2 amide bonds. The standard InChI is InChI=1S/C18H19N3O2S/c1-2-12-19-17(23)14-10-6-7-11-15(14)20-18(24)21-16(22)13-8-4-3-5-9-13/h3-11H,2,12H2,1H3,(H,19,23)(H2,20,21,22,24). The van der Waals surface area contributed by atoms with Crippen LogP contribution >= 0.6 is 12.6 Å². The van der Waals surface area contributed by atoms with Gasteiger partial charge in [-0.05, 0) is 30.7 Å². The van der Waals surface area contributed by atoms with Crippen LogP contribution in [0.3, 0.4) is 0 Å². The predicted molar refractivity (Wildman–Crippen MR) is 99.1 cm³/mol. The summed E-state index contributed by atoms with van der Waals surface area (Å²) in [5.74, 6) is -0.510. The van der Waals surface area contributed by atoms with Crippen molar-refractivity contribution >= 4 is 35.3 Å². The minimum atomic E-state index is -0.308. The Morgan fingerprint density at radius 1 is 1.00 bits per heavy atom. The van der Waals surface area contributed by atoms with E-state index in [1.165, 1.54) is 0 Å². The number of nitrogens with zero attached hydrogens (tertiary/aromatic N) is 1. The topological polar surface area (TPSA) is 70.6 Å². The van der Waals surface area contributed by atoms with Crippen LogP contribution in [0.4, 0.5) is 5.69 Å². The minimum Gasteiger partial charge on any atom is -0.352 e. The van der Waals surface area contributed by atoms with E-state index in [4.69, 9.17) is 0 Å². The van der Waals surface area contributed by atoms with E-state index >= 15 is 0 Å². The van der Waals surface area contributed by atoms with Gasteiger partial charge in [0.1, 0.15) is 0 Å². The zero-order chi connectivity index (χ0) is 17.4. The Labute approximate surface area is 146 Å². The summed E-state index contributed by atoms with van der Waals surface area (Å²) in [6.45, 7) is 2.57. The molecule has 5 nitrogen and oxygen atoms in total. The van der Waals surface area contributed by atoms with Crippen molar-refractivity contribution in [2.75, 3.05) is 6.54 Å². The maximum Gasteiger partial charge on any atom is 0.257 e. The second-order valence-electron chi connectivity index (χ2n) is 5.03. The maximum atomic E-state index is 12.2.